The molecule has 4 rings (SSSR count). The largest absolute Gasteiger partial charge is 0.481 e. The fourth-order valence-electron chi connectivity index (χ4n) is 6.09. The maximum Gasteiger partial charge on any atom is 0.305 e. The van der Waals surface area contributed by atoms with Crippen LogP contribution in [0.2, 0.25) is 0 Å². The van der Waals surface area contributed by atoms with E-state index in [0.29, 0.717) is 17.7 Å². The maximum atomic E-state index is 15.3. The van der Waals surface area contributed by atoms with E-state index in [0.717, 1.165) is 22.8 Å². The average Bonchev–Trinajstić information content (AvgIpc) is 2.95. The lowest BCUT2D eigenvalue weighted by Crippen LogP contribution is -2.50. The van der Waals surface area contributed by atoms with Crippen LogP contribution in [0.4, 0.5) is 13.2 Å². The van der Waals surface area contributed by atoms with Gasteiger partial charge >= 0.3 is 5.97 Å². The SMILES string of the molecule is Cc1cc(C)c(-c2cc(F)c(F)c([C@H](CC(=O)O)NC(=O)[C@H](CC(C)C)NC(=O)c3cccn(CCN4CC(F)C4)c3=O)c2)c(C)c1. The van der Waals surface area contributed by atoms with E-state index in [-0.39, 0.29) is 43.1 Å². The Morgan fingerprint density at radius 2 is 1.66 bits per heavy atom. The zero-order valence-corrected chi connectivity index (χ0v) is 27.2. The Balaban J connectivity index is 1.61. The van der Waals surface area contributed by atoms with Crippen LogP contribution in [-0.2, 0) is 16.1 Å². The summed E-state index contributed by atoms with van der Waals surface area (Å²) in [5, 5.41) is 14.8. The molecule has 1 fully saturated rings. The second-order valence-electron chi connectivity index (χ2n) is 12.7. The van der Waals surface area contributed by atoms with Crippen LogP contribution in [0.3, 0.4) is 0 Å². The molecule has 0 spiro atoms. The molecule has 2 atom stereocenters. The first-order chi connectivity index (χ1) is 22.1. The van der Waals surface area contributed by atoms with E-state index < -0.39 is 59.7 Å². The quantitative estimate of drug-likeness (QED) is 0.243. The lowest BCUT2D eigenvalue weighted by molar-refractivity contribution is -0.137. The number of carboxylic acid groups (broad SMARTS) is 1. The summed E-state index contributed by atoms with van der Waals surface area (Å²) in [6.07, 6.45) is -0.0223. The summed E-state index contributed by atoms with van der Waals surface area (Å²) < 4.78 is 44.9. The molecule has 1 aromatic heterocycles. The number of aliphatic carboxylic acids is 1. The highest BCUT2D eigenvalue weighted by molar-refractivity contribution is 5.97. The monoisotopic (exact) mass is 654 g/mol. The molecule has 1 saturated heterocycles. The number of halogens is 3. The minimum absolute atomic E-state index is 0.108. The molecular weight excluding hydrogens is 613 g/mol. The molecular formula is C35H41F3N4O5. The van der Waals surface area contributed by atoms with Crippen LogP contribution < -0.4 is 16.2 Å². The summed E-state index contributed by atoms with van der Waals surface area (Å²) in [6.45, 7) is 10.4. The molecule has 1 aliphatic heterocycles. The van der Waals surface area contributed by atoms with Crippen molar-refractivity contribution >= 4 is 17.8 Å². The first-order valence-corrected chi connectivity index (χ1v) is 15.6. The highest BCUT2D eigenvalue weighted by atomic mass is 19.2. The van der Waals surface area contributed by atoms with Gasteiger partial charge in [-0.25, -0.2) is 13.2 Å². The second-order valence-corrected chi connectivity index (χ2v) is 12.7. The van der Waals surface area contributed by atoms with Crippen LogP contribution in [-0.4, -0.2) is 64.2 Å². The number of carbonyl (C=O) groups excluding carboxylic acids is 2. The number of likely N-dealkylation sites (tertiary alicyclic amines) is 1. The highest BCUT2D eigenvalue weighted by Crippen LogP contribution is 2.33. The molecule has 0 unspecified atom stereocenters. The van der Waals surface area contributed by atoms with Crippen molar-refractivity contribution in [2.45, 2.75) is 72.3 Å². The normalized spacial score (nSPS) is 14.8. The van der Waals surface area contributed by atoms with Gasteiger partial charge in [0.15, 0.2) is 11.6 Å². The van der Waals surface area contributed by atoms with E-state index in [4.69, 9.17) is 0 Å². The van der Waals surface area contributed by atoms with Gasteiger partial charge in [0.05, 0.1) is 12.5 Å². The number of carboxylic acids is 1. The number of alkyl halides is 1. The first-order valence-electron chi connectivity index (χ1n) is 15.6. The van der Waals surface area contributed by atoms with E-state index >= 15 is 8.78 Å². The van der Waals surface area contributed by atoms with Gasteiger partial charge in [0.2, 0.25) is 5.91 Å². The van der Waals surface area contributed by atoms with Crippen molar-refractivity contribution in [2.24, 2.45) is 5.92 Å². The molecule has 2 amide bonds. The average molecular weight is 655 g/mol. The van der Waals surface area contributed by atoms with Crippen molar-refractivity contribution in [3.05, 3.63) is 92.4 Å². The fourth-order valence-corrected chi connectivity index (χ4v) is 6.09. The predicted octanol–water partition coefficient (Wildman–Crippen LogP) is 4.85. The van der Waals surface area contributed by atoms with Crippen LogP contribution in [0.25, 0.3) is 11.1 Å². The van der Waals surface area contributed by atoms with Gasteiger partial charge < -0.3 is 20.3 Å². The van der Waals surface area contributed by atoms with Crippen molar-refractivity contribution in [1.82, 2.24) is 20.1 Å². The molecule has 2 heterocycles. The summed E-state index contributed by atoms with van der Waals surface area (Å²) in [5.41, 5.74) is 2.43. The fraction of sp³-hybridized carbons (Fsp3) is 0.429. The zero-order chi connectivity index (χ0) is 34.6. The molecule has 3 aromatic rings. The summed E-state index contributed by atoms with van der Waals surface area (Å²) in [5.74, 6) is -5.63. The summed E-state index contributed by atoms with van der Waals surface area (Å²) >= 11 is 0. The molecule has 12 heteroatoms. The molecule has 0 bridgehead atoms. The van der Waals surface area contributed by atoms with Gasteiger partial charge in [-0.05, 0) is 79.6 Å². The van der Waals surface area contributed by atoms with Crippen molar-refractivity contribution in [3.8, 4) is 11.1 Å². The van der Waals surface area contributed by atoms with Crippen LogP contribution in [0.5, 0.6) is 0 Å². The molecule has 47 heavy (non-hydrogen) atoms. The van der Waals surface area contributed by atoms with E-state index in [1.165, 1.54) is 29.0 Å². The number of rotatable bonds is 13. The number of aromatic nitrogens is 1. The maximum absolute atomic E-state index is 15.3. The van der Waals surface area contributed by atoms with Crippen LogP contribution in [0, 0.1) is 38.3 Å². The van der Waals surface area contributed by atoms with Crippen molar-refractivity contribution in [3.63, 3.8) is 0 Å². The highest BCUT2D eigenvalue weighted by Gasteiger charge is 2.30. The molecule has 2 aromatic carbocycles. The number of carbonyl (C=O) groups is 3. The minimum atomic E-state index is -1.48. The molecule has 0 radical (unpaired) electrons. The first kappa shape index (κ1) is 35.4. The van der Waals surface area contributed by atoms with Crippen LogP contribution in [0.1, 0.15) is 65.3 Å². The van der Waals surface area contributed by atoms with E-state index in [1.54, 1.807) is 13.8 Å². The number of benzene rings is 2. The van der Waals surface area contributed by atoms with Crippen LogP contribution in [0.15, 0.2) is 47.4 Å². The lowest BCUT2D eigenvalue weighted by atomic mass is 9.90. The van der Waals surface area contributed by atoms with Crippen LogP contribution >= 0.6 is 0 Å². The third-order valence-electron chi connectivity index (χ3n) is 8.26. The van der Waals surface area contributed by atoms with Gasteiger partial charge in [0.1, 0.15) is 17.8 Å². The van der Waals surface area contributed by atoms with Gasteiger partial charge in [-0.1, -0.05) is 31.5 Å². The Labute approximate surface area is 271 Å². The summed E-state index contributed by atoms with van der Waals surface area (Å²) in [6, 6.07) is 6.31. The standard InChI is InChI=1S/C35H41F3N4O5/c1-19(2)11-29(40-33(45)25-7-6-8-42(35(25)47)10-9-41-17-24(36)18-41)34(46)39-28(16-30(43)44)26-14-23(15-27(37)32(26)38)31-21(4)12-20(3)13-22(31)5/h6-8,12-15,19,24,28-29H,9-11,16-18H2,1-5H3,(H,39,46)(H,40,45)(H,43,44)/t28-,29-/m0/s1. The molecule has 1 aliphatic rings. The Kier molecular flexibility index (Phi) is 11.3. The topological polar surface area (TPSA) is 121 Å². The lowest BCUT2D eigenvalue weighted by Gasteiger charge is -2.34. The number of nitrogens with one attached hydrogen (secondary N) is 2. The predicted molar refractivity (Wildman–Crippen MR) is 172 cm³/mol. The summed E-state index contributed by atoms with van der Waals surface area (Å²) in [4.78, 5) is 53.8. The number of amides is 2. The van der Waals surface area contributed by atoms with Crippen molar-refractivity contribution < 1.29 is 32.7 Å². The van der Waals surface area contributed by atoms with Gasteiger partial charge in [0, 0.05) is 37.9 Å². The minimum Gasteiger partial charge on any atom is -0.481 e. The third kappa shape index (κ3) is 8.68. The zero-order valence-electron chi connectivity index (χ0n) is 27.2. The molecule has 0 aliphatic carbocycles. The van der Waals surface area contributed by atoms with Gasteiger partial charge in [0.25, 0.3) is 11.5 Å². The number of pyridine rings is 1. The Hall–Kier alpha value is -4.45. The second kappa shape index (κ2) is 15.0. The number of aryl methyl sites for hydroxylation is 3. The van der Waals surface area contributed by atoms with E-state index in [9.17, 15) is 28.7 Å². The Morgan fingerprint density at radius 3 is 2.26 bits per heavy atom. The molecule has 3 N–H and O–H groups in total. The van der Waals surface area contributed by atoms with Crippen molar-refractivity contribution in [1.29, 1.82) is 0 Å². The molecule has 252 valence electrons. The smallest absolute Gasteiger partial charge is 0.305 e. The van der Waals surface area contributed by atoms with E-state index in [1.807, 2.05) is 37.8 Å². The van der Waals surface area contributed by atoms with Gasteiger partial charge in [-0.2, -0.15) is 0 Å². The third-order valence-corrected chi connectivity index (χ3v) is 8.26. The van der Waals surface area contributed by atoms with Gasteiger partial charge in [-0.3, -0.25) is 24.1 Å². The number of nitrogens with zero attached hydrogens (tertiary/aromatic N) is 2. The van der Waals surface area contributed by atoms with E-state index in [2.05, 4.69) is 10.6 Å². The summed E-state index contributed by atoms with van der Waals surface area (Å²) in [7, 11) is 0. The Bertz CT molecular complexity index is 1690. The number of hydrogen-bond acceptors (Lipinski definition) is 5. The number of hydrogen-bond donors (Lipinski definition) is 3. The Morgan fingerprint density at radius 1 is 1.00 bits per heavy atom. The van der Waals surface area contributed by atoms with Gasteiger partial charge in [-0.15, -0.1) is 0 Å². The van der Waals surface area contributed by atoms with Crippen molar-refractivity contribution in [2.75, 3.05) is 19.6 Å². The molecule has 9 nitrogen and oxygen atoms in total. The molecule has 0 saturated carbocycles.